The number of carbonyl (C=O) groups is 1. The van der Waals surface area contributed by atoms with Gasteiger partial charge >= 0.3 is 5.97 Å². The topological polar surface area (TPSA) is 62.2 Å². The van der Waals surface area contributed by atoms with Crippen molar-refractivity contribution in [1.82, 2.24) is 4.98 Å². The van der Waals surface area contributed by atoms with E-state index in [-0.39, 0.29) is 5.56 Å². The molecule has 0 fully saturated rings. The number of para-hydroxylation sites is 1. The Labute approximate surface area is 118 Å². The molecule has 4 heteroatoms. The van der Waals surface area contributed by atoms with Crippen LogP contribution >= 0.6 is 0 Å². The summed E-state index contributed by atoms with van der Waals surface area (Å²) >= 11 is 0. The van der Waals surface area contributed by atoms with E-state index in [1.807, 2.05) is 18.2 Å². The van der Waals surface area contributed by atoms with Crippen LogP contribution in [0.15, 0.2) is 36.4 Å². The van der Waals surface area contributed by atoms with Gasteiger partial charge in [-0.05, 0) is 37.1 Å². The van der Waals surface area contributed by atoms with Crippen LogP contribution in [0.25, 0.3) is 0 Å². The monoisotopic (exact) mass is 270 g/mol. The second kappa shape index (κ2) is 6.19. The van der Waals surface area contributed by atoms with Gasteiger partial charge in [-0.2, -0.15) is 0 Å². The zero-order valence-corrected chi connectivity index (χ0v) is 11.7. The lowest BCUT2D eigenvalue weighted by molar-refractivity contribution is 0.0695. The number of aromatic carboxylic acids is 1. The number of rotatable bonds is 5. The minimum absolute atomic E-state index is 0.234. The molecule has 0 radical (unpaired) electrons. The van der Waals surface area contributed by atoms with Crippen molar-refractivity contribution in [2.75, 3.05) is 5.32 Å². The molecule has 2 aromatic rings. The van der Waals surface area contributed by atoms with Gasteiger partial charge in [0.1, 0.15) is 5.82 Å². The first-order chi connectivity index (χ1) is 9.61. The number of benzene rings is 1. The molecule has 0 bridgehead atoms. The molecule has 0 aliphatic carbocycles. The van der Waals surface area contributed by atoms with E-state index in [0.29, 0.717) is 11.5 Å². The lowest BCUT2D eigenvalue weighted by Gasteiger charge is -2.12. The summed E-state index contributed by atoms with van der Waals surface area (Å²) in [4.78, 5) is 15.3. The third kappa shape index (κ3) is 3.15. The molecule has 0 saturated heterocycles. The van der Waals surface area contributed by atoms with Crippen molar-refractivity contribution in [3.05, 3.63) is 53.2 Å². The minimum Gasteiger partial charge on any atom is -0.478 e. The van der Waals surface area contributed by atoms with Crippen LogP contribution in [0.3, 0.4) is 0 Å². The summed E-state index contributed by atoms with van der Waals surface area (Å²) in [6, 6.07) is 11.4. The van der Waals surface area contributed by atoms with Gasteiger partial charge in [0.25, 0.3) is 0 Å². The highest BCUT2D eigenvalue weighted by molar-refractivity contribution is 5.89. The molecule has 4 nitrogen and oxygen atoms in total. The van der Waals surface area contributed by atoms with E-state index in [9.17, 15) is 4.79 Å². The molecule has 2 N–H and O–H groups in total. The van der Waals surface area contributed by atoms with Gasteiger partial charge in [-0.1, -0.05) is 31.5 Å². The van der Waals surface area contributed by atoms with Crippen LogP contribution in [0.1, 0.15) is 35.0 Å². The number of hydrogen-bond donors (Lipinski definition) is 2. The Bertz CT molecular complexity index is 624. The van der Waals surface area contributed by atoms with Gasteiger partial charge in [0.05, 0.1) is 11.3 Å². The number of nitrogens with zero attached hydrogens (tertiary/aromatic N) is 1. The summed E-state index contributed by atoms with van der Waals surface area (Å²) in [6.45, 7) is 3.84. The lowest BCUT2D eigenvalue weighted by atomic mass is 10.1. The van der Waals surface area contributed by atoms with E-state index in [2.05, 4.69) is 23.3 Å². The number of aryl methyl sites for hydroxylation is 2. The number of pyridine rings is 1. The highest BCUT2D eigenvalue weighted by atomic mass is 16.4. The Balaban J connectivity index is 2.26. The lowest BCUT2D eigenvalue weighted by Crippen LogP contribution is -2.04. The number of carboxylic acids is 1. The molecular formula is C16H18N2O2. The maximum atomic E-state index is 11.0. The van der Waals surface area contributed by atoms with Crippen molar-refractivity contribution in [3.63, 3.8) is 0 Å². The Kier molecular flexibility index (Phi) is 4.35. The third-order valence-electron chi connectivity index (χ3n) is 3.12. The fourth-order valence-electron chi connectivity index (χ4n) is 2.12. The van der Waals surface area contributed by atoms with Gasteiger partial charge in [0.2, 0.25) is 0 Å². The summed E-state index contributed by atoms with van der Waals surface area (Å²) in [5.41, 5.74) is 2.99. The van der Waals surface area contributed by atoms with E-state index >= 15 is 0 Å². The van der Waals surface area contributed by atoms with Crippen molar-refractivity contribution in [2.24, 2.45) is 0 Å². The van der Waals surface area contributed by atoms with Gasteiger partial charge in [-0.15, -0.1) is 0 Å². The van der Waals surface area contributed by atoms with E-state index in [4.69, 9.17) is 5.11 Å². The largest absolute Gasteiger partial charge is 0.478 e. The number of nitrogens with one attached hydrogen (secondary N) is 1. The molecule has 0 spiro atoms. The Hall–Kier alpha value is -2.36. The van der Waals surface area contributed by atoms with Crippen molar-refractivity contribution in [2.45, 2.75) is 26.7 Å². The molecule has 0 amide bonds. The Morgan fingerprint density at radius 2 is 2.00 bits per heavy atom. The summed E-state index contributed by atoms with van der Waals surface area (Å²) < 4.78 is 0. The maximum Gasteiger partial charge on any atom is 0.337 e. The molecule has 1 aromatic heterocycles. The van der Waals surface area contributed by atoms with Crippen LogP contribution in [0.5, 0.6) is 0 Å². The van der Waals surface area contributed by atoms with Crippen molar-refractivity contribution in [3.8, 4) is 0 Å². The maximum absolute atomic E-state index is 11.0. The second-order valence-corrected chi connectivity index (χ2v) is 4.67. The summed E-state index contributed by atoms with van der Waals surface area (Å²) in [7, 11) is 0. The molecule has 1 aromatic carbocycles. The highest BCUT2D eigenvalue weighted by Gasteiger charge is 2.09. The fourth-order valence-corrected chi connectivity index (χ4v) is 2.12. The molecule has 0 atom stereocenters. The smallest absolute Gasteiger partial charge is 0.337 e. The second-order valence-electron chi connectivity index (χ2n) is 4.67. The molecular weight excluding hydrogens is 252 g/mol. The first-order valence-corrected chi connectivity index (χ1v) is 6.67. The van der Waals surface area contributed by atoms with Gasteiger partial charge in [-0.25, -0.2) is 9.78 Å². The van der Waals surface area contributed by atoms with Crippen LogP contribution in [0.2, 0.25) is 0 Å². The van der Waals surface area contributed by atoms with E-state index in [1.54, 1.807) is 19.1 Å². The zero-order valence-electron chi connectivity index (χ0n) is 11.7. The van der Waals surface area contributed by atoms with Gasteiger partial charge in [0.15, 0.2) is 0 Å². The number of aromatic nitrogens is 1. The van der Waals surface area contributed by atoms with Crippen LogP contribution in [-0.2, 0) is 6.42 Å². The Morgan fingerprint density at radius 3 is 2.65 bits per heavy atom. The quantitative estimate of drug-likeness (QED) is 0.867. The number of anilines is 2. The first kappa shape index (κ1) is 14.1. The predicted octanol–water partition coefficient (Wildman–Crippen LogP) is 3.78. The van der Waals surface area contributed by atoms with Crippen molar-refractivity contribution in [1.29, 1.82) is 0 Å². The molecule has 0 aliphatic rings. The predicted molar refractivity (Wildman–Crippen MR) is 79.7 cm³/mol. The minimum atomic E-state index is -0.951. The summed E-state index contributed by atoms with van der Waals surface area (Å²) in [6.07, 6.45) is 2.07. The zero-order chi connectivity index (χ0) is 14.5. The first-order valence-electron chi connectivity index (χ1n) is 6.67. The van der Waals surface area contributed by atoms with Crippen LogP contribution in [-0.4, -0.2) is 16.1 Å². The Morgan fingerprint density at radius 1 is 1.25 bits per heavy atom. The van der Waals surface area contributed by atoms with Crippen molar-refractivity contribution < 1.29 is 9.90 Å². The summed E-state index contributed by atoms with van der Waals surface area (Å²) in [5.74, 6) is -0.288. The molecule has 20 heavy (non-hydrogen) atoms. The highest BCUT2D eigenvalue weighted by Crippen LogP contribution is 2.21. The van der Waals surface area contributed by atoms with Gasteiger partial charge in [-0.3, -0.25) is 0 Å². The molecule has 104 valence electrons. The van der Waals surface area contributed by atoms with Crippen LogP contribution in [0.4, 0.5) is 11.5 Å². The number of hydrogen-bond acceptors (Lipinski definition) is 3. The molecule has 0 aliphatic heterocycles. The molecule has 1 heterocycles. The van der Waals surface area contributed by atoms with Gasteiger partial charge in [0, 0.05) is 5.69 Å². The number of carboxylic acid groups (broad SMARTS) is 1. The van der Waals surface area contributed by atoms with E-state index in [0.717, 1.165) is 18.5 Å². The normalized spacial score (nSPS) is 10.3. The molecule has 2 rings (SSSR count). The molecule has 0 unspecified atom stereocenters. The van der Waals surface area contributed by atoms with Crippen molar-refractivity contribution >= 4 is 17.5 Å². The fraction of sp³-hybridized carbons (Fsp3) is 0.250. The standard InChI is InChI=1S/C16H18N2O2/c1-3-6-12-7-4-5-8-14(12)18-15-10-9-13(16(19)20)11(2)17-15/h4-5,7-10H,3,6H2,1-2H3,(H,17,18)(H,19,20). The van der Waals surface area contributed by atoms with Crippen LogP contribution < -0.4 is 5.32 Å². The average Bonchev–Trinajstić information content (AvgIpc) is 2.41. The molecule has 0 saturated carbocycles. The van der Waals surface area contributed by atoms with Gasteiger partial charge < -0.3 is 10.4 Å². The third-order valence-corrected chi connectivity index (χ3v) is 3.12. The van der Waals surface area contributed by atoms with E-state index in [1.165, 1.54) is 5.56 Å². The average molecular weight is 270 g/mol. The SMILES string of the molecule is CCCc1ccccc1Nc1ccc(C(=O)O)c(C)n1. The van der Waals surface area contributed by atoms with Crippen LogP contribution in [0, 0.1) is 6.92 Å². The summed E-state index contributed by atoms with van der Waals surface area (Å²) in [5, 5.41) is 12.3. The van der Waals surface area contributed by atoms with E-state index < -0.39 is 5.97 Å².